The number of hydrogen-bond acceptors (Lipinski definition) is 2. The summed E-state index contributed by atoms with van der Waals surface area (Å²) in [7, 11) is 0. The number of rotatable bonds is 4. The Morgan fingerprint density at radius 1 is 1.37 bits per heavy atom. The third kappa shape index (κ3) is 3.21. The Balaban J connectivity index is 2.26. The van der Waals surface area contributed by atoms with E-state index in [1.807, 2.05) is 13.0 Å². The molecule has 0 amide bonds. The van der Waals surface area contributed by atoms with Gasteiger partial charge in [-0.1, -0.05) is 26.0 Å². The Hall–Kier alpha value is -1.23. The molecular weight excluding hydrogens is 255 g/mol. The van der Waals surface area contributed by atoms with E-state index in [9.17, 15) is 13.2 Å². The number of ether oxygens (including phenoxy) is 1. The Bertz CT molecular complexity index is 445. The number of nitrogens with one attached hydrogen (secondary N) is 1. The zero-order valence-corrected chi connectivity index (χ0v) is 11.1. The van der Waals surface area contributed by atoms with Crippen molar-refractivity contribution in [2.45, 2.75) is 39.1 Å². The molecule has 5 heteroatoms. The van der Waals surface area contributed by atoms with Gasteiger partial charge in [0.2, 0.25) is 0 Å². The maximum atomic E-state index is 12.4. The number of hydrogen-bond donors (Lipinski definition) is 1. The number of benzene rings is 1. The van der Waals surface area contributed by atoms with Gasteiger partial charge in [0.1, 0.15) is 5.75 Å². The van der Waals surface area contributed by atoms with Crippen LogP contribution in [0.15, 0.2) is 18.2 Å². The molecule has 19 heavy (non-hydrogen) atoms. The van der Waals surface area contributed by atoms with Crippen LogP contribution in [-0.2, 0) is 6.42 Å². The zero-order chi connectivity index (χ0) is 14.0. The standard InChI is InChI=1S/C14H18F3NO/c1-3-7-18-13-9(2)8-11-10(13)5-4-6-12(11)19-14(15,16)17/h4-6,9,13,18H,3,7-8H2,1-2H3. The second-order valence-electron chi connectivity index (χ2n) is 4.98. The van der Waals surface area contributed by atoms with Gasteiger partial charge in [-0.05, 0) is 42.5 Å². The summed E-state index contributed by atoms with van der Waals surface area (Å²) in [6.07, 6.45) is -3.02. The van der Waals surface area contributed by atoms with Gasteiger partial charge in [0.05, 0.1) is 0 Å². The average Bonchev–Trinajstić information content (AvgIpc) is 2.62. The monoisotopic (exact) mass is 273 g/mol. The van der Waals surface area contributed by atoms with Crippen LogP contribution in [-0.4, -0.2) is 12.9 Å². The highest BCUT2D eigenvalue weighted by Gasteiger charge is 2.36. The molecule has 0 spiro atoms. The SMILES string of the molecule is CCCNC1c2cccc(OC(F)(F)F)c2CC1C. The molecule has 0 fully saturated rings. The first-order chi connectivity index (χ1) is 8.92. The summed E-state index contributed by atoms with van der Waals surface area (Å²) in [6, 6.07) is 5.02. The van der Waals surface area contributed by atoms with Crippen LogP contribution in [0.3, 0.4) is 0 Å². The molecule has 0 bridgehead atoms. The smallest absolute Gasteiger partial charge is 0.405 e. The van der Waals surface area contributed by atoms with Crippen molar-refractivity contribution in [2.24, 2.45) is 5.92 Å². The van der Waals surface area contributed by atoms with Gasteiger partial charge < -0.3 is 10.1 Å². The molecule has 0 radical (unpaired) electrons. The summed E-state index contributed by atoms with van der Waals surface area (Å²) in [5.74, 6) is 0.220. The van der Waals surface area contributed by atoms with Crippen molar-refractivity contribution < 1.29 is 17.9 Å². The molecule has 2 nitrogen and oxygen atoms in total. The Morgan fingerprint density at radius 2 is 2.11 bits per heavy atom. The van der Waals surface area contributed by atoms with Crippen molar-refractivity contribution in [3.8, 4) is 5.75 Å². The van der Waals surface area contributed by atoms with Crippen molar-refractivity contribution in [1.29, 1.82) is 0 Å². The Morgan fingerprint density at radius 3 is 2.74 bits per heavy atom. The summed E-state index contributed by atoms with van der Waals surface area (Å²) >= 11 is 0. The number of fused-ring (bicyclic) bond motifs is 1. The van der Waals surface area contributed by atoms with Gasteiger partial charge in [0, 0.05) is 6.04 Å². The lowest BCUT2D eigenvalue weighted by Gasteiger charge is -2.18. The van der Waals surface area contributed by atoms with Crippen LogP contribution in [0.2, 0.25) is 0 Å². The fourth-order valence-corrected chi connectivity index (χ4v) is 2.67. The van der Waals surface area contributed by atoms with Crippen LogP contribution in [0.1, 0.15) is 37.4 Å². The number of halogens is 3. The molecular formula is C14H18F3NO. The molecule has 1 aromatic rings. The highest BCUT2D eigenvalue weighted by atomic mass is 19.4. The second-order valence-corrected chi connectivity index (χ2v) is 4.98. The van der Waals surface area contributed by atoms with E-state index < -0.39 is 6.36 Å². The van der Waals surface area contributed by atoms with E-state index in [1.54, 1.807) is 6.07 Å². The van der Waals surface area contributed by atoms with Gasteiger partial charge in [-0.3, -0.25) is 0 Å². The summed E-state index contributed by atoms with van der Waals surface area (Å²) < 4.78 is 41.2. The minimum Gasteiger partial charge on any atom is -0.405 e. The van der Waals surface area contributed by atoms with Crippen molar-refractivity contribution in [3.05, 3.63) is 29.3 Å². The molecule has 1 aromatic carbocycles. The largest absolute Gasteiger partial charge is 0.573 e. The topological polar surface area (TPSA) is 21.3 Å². The molecule has 106 valence electrons. The first-order valence-corrected chi connectivity index (χ1v) is 6.53. The third-order valence-electron chi connectivity index (χ3n) is 3.44. The van der Waals surface area contributed by atoms with E-state index in [-0.39, 0.29) is 17.7 Å². The quantitative estimate of drug-likeness (QED) is 0.900. The van der Waals surface area contributed by atoms with Gasteiger partial charge in [-0.25, -0.2) is 0 Å². The summed E-state index contributed by atoms with van der Waals surface area (Å²) in [5, 5.41) is 3.39. The van der Waals surface area contributed by atoms with E-state index in [1.165, 1.54) is 6.07 Å². The molecule has 0 aromatic heterocycles. The molecule has 1 N–H and O–H groups in total. The Labute approximate surface area is 111 Å². The van der Waals surface area contributed by atoms with E-state index >= 15 is 0 Å². The fourth-order valence-electron chi connectivity index (χ4n) is 2.67. The number of alkyl halides is 3. The van der Waals surface area contributed by atoms with Crippen LogP contribution in [0, 0.1) is 5.92 Å². The molecule has 1 aliphatic carbocycles. The summed E-state index contributed by atoms with van der Waals surface area (Å²) in [4.78, 5) is 0. The van der Waals surface area contributed by atoms with Crippen LogP contribution >= 0.6 is 0 Å². The van der Waals surface area contributed by atoms with Crippen LogP contribution in [0.4, 0.5) is 13.2 Å². The van der Waals surface area contributed by atoms with Gasteiger partial charge >= 0.3 is 6.36 Å². The minimum atomic E-state index is -4.63. The van der Waals surface area contributed by atoms with Gasteiger partial charge in [0.15, 0.2) is 0 Å². The minimum absolute atomic E-state index is 0.0577. The first kappa shape index (κ1) is 14.2. The highest BCUT2D eigenvalue weighted by Crippen LogP contribution is 2.41. The normalized spacial score (nSPS) is 22.4. The lowest BCUT2D eigenvalue weighted by Crippen LogP contribution is -2.24. The van der Waals surface area contributed by atoms with E-state index in [0.717, 1.165) is 18.5 Å². The first-order valence-electron chi connectivity index (χ1n) is 6.53. The average molecular weight is 273 g/mol. The van der Waals surface area contributed by atoms with Crippen LogP contribution in [0.25, 0.3) is 0 Å². The van der Waals surface area contributed by atoms with Gasteiger partial charge in [-0.2, -0.15) is 0 Å². The van der Waals surface area contributed by atoms with E-state index in [2.05, 4.69) is 17.0 Å². The maximum absolute atomic E-state index is 12.4. The molecule has 1 aliphatic rings. The predicted octanol–water partition coefficient (Wildman–Crippen LogP) is 3.82. The van der Waals surface area contributed by atoms with E-state index in [4.69, 9.17) is 0 Å². The molecule has 2 atom stereocenters. The van der Waals surface area contributed by atoms with Crippen LogP contribution in [0.5, 0.6) is 5.75 Å². The van der Waals surface area contributed by atoms with Gasteiger partial charge in [0.25, 0.3) is 0 Å². The Kier molecular flexibility index (Phi) is 4.04. The summed E-state index contributed by atoms with van der Waals surface area (Å²) in [6.45, 7) is 4.97. The molecule has 2 unspecified atom stereocenters. The van der Waals surface area contributed by atoms with Crippen molar-refractivity contribution in [1.82, 2.24) is 5.32 Å². The predicted molar refractivity (Wildman–Crippen MR) is 67.0 cm³/mol. The third-order valence-corrected chi connectivity index (χ3v) is 3.44. The maximum Gasteiger partial charge on any atom is 0.573 e. The molecule has 0 aliphatic heterocycles. The van der Waals surface area contributed by atoms with Crippen molar-refractivity contribution >= 4 is 0 Å². The molecule has 0 saturated carbocycles. The second kappa shape index (κ2) is 5.41. The van der Waals surface area contributed by atoms with Crippen molar-refractivity contribution in [3.63, 3.8) is 0 Å². The van der Waals surface area contributed by atoms with Crippen LogP contribution < -0.4 is 10.1 Å². The zero-order valence-electron chi connectivity index (χ0n) is 11.1. The van der Waals surface area contributed by atoms with Crippen molar-refractivity contribution in [2.75, 3.05) is 6.54 Å². The highest BCUT2D eigenvalue weighted by molar-refractivity contribution is 5.46. The van der Waals surface area contributed by atoms with E-state index in [0.29, 0.717) is 12.0 Å². The summed E-state index contributed by atoms with van der Waals surface area (Å²) in [5.41, 5.74) is 1.61. The lowest BCUT2D eigenvalue weighted by molar-refractivity contribution is -0.274. The molecule has 0 heterocycles. The lowest BCUT2D eigenvalue weighted by atomic mass is 10.0. The van der Waals surface area contributed by atoms with Gasteiger partial charge in [-0.15, -0.1) is 13.2 Å². The molecule has 2 rings (SSSR count). The fraction of sp³-hybridized carbons (Fsp3) is 0.571. The molecule has 0 saturated heterocycles.